The number of hydrogen-bond acceptors (Lipinski definition) is 11. The number of nitrogens with one attached hydrogen (secondary N) is 4. The van der Waals surface area contributed by atoms with Crippen LogP contribution < -0.4 is 27.2 Å². The lowest BCUT2D eigenvalue weighted by Crippen LogP contribution is -2.71. The van der Waals surface area contributed by atoms with Gasteiger partial charge in [0, 0.05) is 12.4 Å². The number of hydrogen-bond donors (Lipinski definition) is 6. The molecule has 0 aromatic carbocycles. The van der Waals surface area contributed by atoms with Gasteiger partial charge in [0.1, 0.15) is 11.7 Å². The zero-order valence-electron chi connectivity index (χ0n) is 17.8. The standard InChI is InChI=1S/C15H22N8O7S3/c1-6-8(11(25)23(6)33(27,28)29)19-10(24)9(7-5-32-13(16)18-7)22-30-15(2,3)12(26)20-21-14(31)17-4/h5-6,8H,1-4H3,(H2,16,18)(H,19,24)(H,20,26)(H2,17,21,31)(H,27,28,29)/b22-9-/t6-,8-/m0/s1. The smallest absolute Gasteiger partial charge is 0.362 e. The van der Waals surface area contributed by atoms with E-state index < -0.39 is 51.4 Å². The summed E-state index contributed by atoms with van der Waals surface area (Å²) < 4.78 is 31.8. The normalized spacial score (nSPS) is 18.8. The van der Waals surface area contributed by atoms with E-state index in [9.17, 15) is 22.8 Å². The van der Waals surface area contributed by atoms with Crippen LogP contribution in [0.1, 0.15) is 26.5 Å². The van der Waals surface area contributed by atoms with E-state index in [1.807, 2.05) is 0 Å². The molecule has 2 rings (SSSR count). The van der Waals surface area contributed by atoms with Crippen molar-refractivity contribution in [2.75, 3.05) is 12.8 Å². The number of hydrazine groups is 1. The molecule has 1 fully saturated rings. The Kier molecular flexibility index (Phi) is 7.78. The van der Waals surface area contributed by atoms with Gasteiger partial charge in [-0.3, -0.25) is 29.8 Å². The molecule has 0 saturated carbocycles. The Balaban J connectivity index is 2.21. The Hall–Kier alpha value is -3.09. The van der Waals surface area contributed by atoms with Crippen molar-refractivity contribution in [2.45, 2.75) is 38.5 Å². The fourth-order valence-corrected chi connectivity index (χ4v) is 3.92. The molecular weight excluding hydrogens is 500 g/mol. The summed E-state index contributed by atoms with van der Waals surface area (Å²) in [5.41, 5.74) is 8.31. The molecule has 18 heteroatoms. The van der Waals surface area contributed by atoms with Crippen molar-refractivity contribution >= 4 is 67.5 Å². The van der Waals surface area contributed by atoms with Gasteiger partial charge in [0.05, 0.1) is 6.04 Å². The lowest BCUT2D eigenvalue weighted by atomic mass is 10.0. The van der Waals surface area contributed by atoms with Crippen LogP contribution in [0.25, 0.3) is 0 Å². The average Bonchev–Trinajstić information content (AvgIpc) is 3.14. The van der Waals surface area contributed by atoms with Crippen molar-refractivity contribution in [3.05, 3.63) is 11.1 Å². The number of aromatic nitrogens is 1. The number of nitrogen functional groups attached to an aromatic ring is 1. The molecule has 0 aliphatic carbocycles. The van der Waals surface area contributed by atoms with E-state index in [1.54, 1.807) is 7.05 Å². The molecule has 15 nitrogen and oxygen atoms in total. The molecular formula is C15H22N8O7S3. The van der Waals surface area contributed by atoms with Crippen molar-refractivity contribution in [1.82, 2.24) is 30.8 Å². The first-order valence-corrected chi connectivity index (χ1v) is 11.7. The van der Waals surface area contributed by atoms with Crippen LogP contribution in [0.4, 0.5) is 5.13 Å². The number of thiocarbonyl (C=S) groups is 1. The predicted octanol–water partition coefficient (Wildman–Crippen LogP) is -2.13. The van der Waals surface area contributed by atoms with Crippen LogP contribution in [0.5, 0.6) is 0 Å². The second-order valence-corrected chi connectivity index (χ2v) is 9.66. The zero-order valence-corrected chi connectivity index (χ0v) is 20.2. The molecule has 3 amide bonds. The number of nitrogens with two attached hydrogens (primary N) is 1. The second kappa shape index (κ2) is 9.81. The van der Waals surface area contributed by atoms with Gasteiger partial charge < -0.3 is 21.2 Å². The van der Waals surface area contributed by atoms with Gasteiger partial charge in [0.15, 0.2) is 16.0 Å². The first-order chi connectivity index (χ1) is 15.2. The summed E-state index contributed by atoms with van der Waals surface area (Å²) in [5, 5.41) is 10.3. The van der Waals surface area contributed by atoms with Crippen LogP contribution in [0.2, 0.25) is 0 Å². The fourth-order valence-electron chi connectivity index (χ4n) is 2.44. The van der Waals surface area contributed by atoms with Gasteiger partial charge in [-0.25, -0.2) is 9.29 Å². The van der Waals surface area contributed by atoms with E-state index in [0.29, 0.717) is 0 Å². The number of oxime groups is 1. The molecule has 182 valence electrons. The van der Waals surface area contributed by atoms with Crippen LogP contribution in [-0.4, -0.2) is 75.5 Å². The summed E-state index contributed by atoms with van der Waals surface area (Å²) in [7, 11) is -3.23. The minimum Gasteiger partial charge on any atom is -0.379 e. The number of thiazole rings is 1. The Bertz CT molecular complexity index is 1100. The number of carbonyl (C=O) groups is 3. The van der Waals surface area contributed by atoms with Gasteiger partial charge in [0.2, 0.25) is 5.60 Å². The summed E-state index contributed by atoms with van der Waals surface area (Å²) in [6.07, 6.45) is 0. The summed E-state index contributed by atoms with van der Waals surface area (Å²) in [6.45, 7) is 4.04. The lowest BCUT2D eigenvalue weighted by Gasteiger charge is -2.42. The third-order valence-corrected chi connectivity index (χ3v) is 6.27. The number of nitrogens with zero attached hydrogens (tertiary/aromatic N) is 3. The maximum absolute atomic E-state index is 12.8. The molecule has 2 heterocycles. The highest BCUT2D eigenvalue weighted by molar-refractivity contribution is 7.84. The highest BCUT2D eigenvalue weighted by Gasteiger charge is 2.51. The average molecular weight is 523 g/mol. The monoisotopic (exact) mass is 522 g/mol. The van der Waals surface area contributed by atoms with E-state index in [4.69, 9.17) is 27.3 Å². The highest BCUT2D eigenvalue weighted by Crippen LogP contribution is 2.23. The minimum atomic E-state index is -4.77. The molecule has 0 radical (unpaired) electrons. The molecule has 7 N–H and O–H groups in total. The van der Waals surface area contributed by atoms with Crippen LogP contribution in [-0.2, 0) is 29.5 Å². The van der Waals surface area contributed by atoms with Crippen molar-refractivity contribution < 1.29 is 32.2 Å². The van der Waals surface area contributed by atoms with Gasteiger partial charge >= 0.3 is 10.3 Å². The van der Waals surface area contributed by atoms with Gasteiger partial charge in [-0.1, -0.05) is 5.16 Å². The van der Waals surface area contributed by atoms with Gasteiger partial charge in [0.25, 0.3) is 17.7 Å². The van der Waals surface area contributed by atoms with E-state index >= 15 is 0 Å². The van der Waals surface area contributed by atoms with Gasteiger partial charge in [-0.15, -0.1) is 11.3 Å². The largest absolute Gasteiger partial charge is 0.379 e. The molecule has 1 aromatic heterocycles. The molecule has 0 bridgehead atoms. The number of carbonyl (C=O) groups excluding carboxylic acids is 3. The molecule has 1 aliphatic rings. The summed E-state index contributed by atoms with van der Waals surface area (Å²) in [4.78, 5) is 46.4. The quantitative estimate of drug-likeness (QED) is 0.0744. The third kappa shape index (κ3) is 6.03. The number of anilines is 1. The first-order valence-electron chi connectivity index (χ1n) is 9.06. The molecule has 1 aromatic rings. The van der Waals surface area contributed by atoms with Crippen LogP contribution in [0.3, 0.4) is 0 Å². The molecule has 1 saturated heterocycles. The second-order valence-electron chi connectivity index (χ2n) is 7.07. The first kappa shape index (κ1) is 26.2. The third-order valence-electron chi connectivity index (χ3n) is 4.28. The molecule has 0 unspecified atom stereocenters. The Morgan fingerprint density at radius 3 is 2.52 bits per heavy atom. The topological polar surface area (TPSA) is 217 Å². The summed E-state index contributed by atoms with van der Waals surface area (Å²) in [6, 6.07) is -2.31. The maximum atomic E-state index is 12.8. The zero-order chi connectivity index (χ0) is 25.1. The number of β-lactam (4-membered cyclic amide) rings is 1. The van der Waals surface area contributed by atoms with E-state index in [2.05, 4.69) is 31.6 Å². The summed E-state index contributed by atoms with van der Waals surface area (Å²) in [5.74, 6) is -2.68. The number of amides is 3. The van der Waals surface area contributed by atoms with E-state index in [0.717, 1.165) is 11.3 Å². The molecule has 33 heavy (non-hydrogen) atoms. The van der Waals surface area contributed by atoms with Crippen molar-refractivity contribution in [1.29, 1.82) is 0 Å². The van der Waals surface area contributed by atoms with Crippen molar-refractivity contribution in [2.24, 2.45) is 5.16 Å². The van der Waals surface area contributed by atoms with Crippen LogP contribution >= 0.6 is 23.6 Å². The van der Waals surface area contributed by atoms with Crippen molar-refractivity contribution in [3.8, 4) is 0 Å². The van der Waals surface area contributed by atoms with Crippen LogP contribution in [0, 0.1) is 0 Å². The Labute approximate surface area is 198 Å². The van der Waals surface area contributed by atoms with Crippen LogP contribution in [0.15, 0.2) is 10.5 Å². The molecule has 0 spiro atoms. The summed E-state index contributed by atoms with van der Waals surface area (Å²) >= 11 is 5.85. The highest BCUT2D eigenvalue weighted by atomic mass is 32.2. The fraction of sp³-hybridized carbons (Fsp3) is 0.467. The molecule has 2 atom stereocenters. The lowest BCUT2D eigenvalue weighted by molar-refractivity contribution is -0.144. The Morgan fingerprint density at radius 1 is 1.39 bits per heavy atom. The minimum absolute atomic E-state index is 0.00763. The van der Waals surface area contributed by atoms with E-state index in [-0.39, 0.29) is 20.2 Å². The Morgan fingerprint density at radius 2 is 2.03 bits per heavy atom. The van der Waals surface area contributed by atoms with Gasteiger partial charge in [-0.2, -0.15) is 8.42 Å². The maximum Gasteiger partial charge on any atom is 0.362 e. The van der Waals surface area contributed by atoms with Gasteiger partial charge in [-0.05, 0) is 33.0 Å². The number of rotatable bonds is 7. The molecule has 1 aliphatic heterocycles. The van der Waals surface area contributed by atoms with Crippen molar-refractivity contribution in [3.63, 3.8) is 0 Å². The SMILES string of the molecule is CNC(=S)NNC(=O)C(C)(C)O/N=C(\C(=O)N[C@@H]1C(=O)N(S(=O)(=O)O)[C@H]1C)c1csc(N)n1. The predicted molar refractivity (Wildman–Crippen MR) is 121 cm³/mol. The van der Waals surface area contributed by atoms with E-state index in [1.165, 1.54) is 26.2 Å².